The molecule has 110 valence electrons. The van der Waals surface area contributed by atoms with E-state index >= 15 is 0 Å². The van der Waals surface area contributed by atoms with E-state index in [1.54, 1.807) is 12.5 Å². The first-order valence-corrected chi connectivity index (χ1v) is 6.99. The molecule has 0 spiro atoms. The van der Waals surface area contributed by atoms with Gasteiger partial charge in [0.15, 0.2) is 0 Å². The highest BCUT2D eigenvalue weighted by atomic mass is 35.5. The van der Waals surface area contributed by atoms with Crippen molar-refractivity contribution in [3.63, 3.8) is 0 Å². The van der Waals surface area contributed by atoms with E-state index < -0.39 is 0 Å². The minimum atomic E-state index is -0.0223. The highest BCUT2D eigenvalue weighted by Gasteiger charge is 2.23. The fourth-order valence-electron chi connectivity index (χ4n) is 2.27. The maximum absolute atomic E-state index is 6.34. The van der Waals surface area contributed by atoms with Gasteiger partial charge in [0.1, 0.15) is 5.76 Å². The summed E-state index contributed by atoms with van der Waals surface area (Å²) < 4.78 is 7.36. The van der Waals surface area contributed by atoms with Gasteiger partial charge in [-0.25, -0.2) is 0 Å². The summed E-state index contributed by atoms with van der Waals surface area (Å²) in [6.45, 7) is 3.66. The van der Waals surface area contributed by atoms with Gasteiger partial charge in [0, 0.05) is 12.1 Å². The van der Waals surface area contributed by atoms with Gasteiger partial charge in [-0.15, -0.1) is 0 Å². The van der Waals surface area contributed by atoms with Crippen LogP contribution in [0.15, 0.2) is 22.9 Å². The SMILES string of the molecule is CNC(c1ccoc1C)c1c(Cl)cnn1CCN(C)C. The fourth-order valence-corrected chi connectivity index (χ4v) is 2.52. The second-order valence-electron chi connectivity index (χ2n) is 5.06. The zero-order chi connectivity index (χ0) is 14.7. The number of hydrogen-bond acceptors (Lipinski definition) is 4. The Hall–Kier alpha value is -1.30. The molecule has 2 aromatic heterocycles. The molecule has 20 heavy (non-hydrogen) atoms. The highest BCUT2D eigenvalue weighted by molar-refractivity contribution is 6.31. The van der Waals surface area contributed by atoms with Crippen molar-refractivity contribution in [1.29, 1.82) is 0 Å². The molecule has 5 nitrogen and oxygen atoms in total. The van der Waals surface area contributed by atoms with Crippen LogP contribution in [0.4, 0.5) is 0 Å². The van der Waals surface area contributed by atoms with Crippen LogP contribution in [0.25, 0.3) is 0 Å². The lowest BCUT2D eigenvalue weighted by Gasteiger charge is -2.19. The first-order valence-electron chi connectivity index (χ1n) is 6.61. The Morgan fingerprint density at radius 1 is 1.50 bits per heavy atom. The standard InChI is InChI=1S/C14H21ClN4O/c1-10-11(5-8-20-10)13(16-2)14-12(15)9-17-19(14)7-6-18(3)4/h5,8-9,13,16H,6-7H2,1-4H3. The van der Waals surface area contributed by atoms with Crippen molar-refractivity contribution in [3.8, 4) is 0 Å². The lowest BCUT2D eigenvalue weighted by molar-refractivity contribution is 0.366. The number of nitrogens with one attached hydrogen (secondary N) is 1. The molecule has 2 rings (SSSR count). The van der Waals surface area contributed by atoms with Gasteiger partial charge < -0.3 is 14.6 Å². The van der Waals surface area contributed by atoms with Crippen LogP contribution in [0.2, 0.25) is 5.02 Å². The molecule has 0 radical (unpaired) electrons. The van der Waals surface area contributed by atoms with Crippen LogP contribution in [0.5, 0.6) is 0 Å². The normalized spacial score (nSPS) is 13.1. The lowest BCUT2D eigenvalue weighted by Crippen LogP contribution is -2.25. The molecule has 0 aliphatic heterocycles. The van der Waals surface area contributed by atoms with Crippen LogP contribution in [-0.2, 0) is 6.54 Å². The van der Waals surface area contributed by atoms with Gasteiger partial charge in [0.25, 0.3) is 0 Å². The molecule has 0 aliphatic carbocycles. The van der Waals surface area contributed by atoms with Crippen molar-refractivity contribution < 1.29 is 4.42 Å². The smallest absolute Gasteiger partial charge is 0.105 e. The predicted molar refractivity (Wildman–Crippen MR) is 80.1 cm³/mol. The van der Waals surface area contributed by atoms with Gasteiger partial charge in [-0.1, -0.05) is 11.6 Å². The molecule has 1 atom stereocenters. The molecule has 2 aromatic rings. The third-order valence-corrected chi connectivity index (χ3v) is 3.66. The minimum Gasteiger partial charge on any atom is -0.469 e. The van der Waals surface area contributed by atoms with E-state index in [2.05, 4.69) is 15.3 Å². The van der Waals surface area contributed by atoms with Crippen LogP contribution >= 0.6 is 11.6 Å². The van der Waals surface area contributed by atoms with Crippen LogP contribution in [0.1, 0.15) is 23.1 Å². The number of likely N-dealkylation sites (N-methyl/N-ethyl adjacent to an activating group) is 1. The quantitative estimate of drug-likeness (QED) is 0.888. The number of aromatic nitrogens is 2. The molecular weight excluding hydrogens is 276 g/mol. The van der Waals surface area contributed by atoms with Crippen molar-refractivity contribution in [2.24, 2.45) is 0 Å². The summed E-state index contributed by atoms with van der Waals surface area (Å²) >= 11 is 6.34. The summed E-state index contributed by atoms with van der Waals surface area (Å²) in [6, 6.07) is 1.95. The number of nitrogens with zero attached hydrogens (tertiary/aromatic N) is 3. The zero-order valence-electron chi connectivity index (χ0n) is 12.4. The van der Waals surface area contributed by atoms with Crippen LogP contribution in [0.3, 0.4) is 0 Å². The summed E-state index contributed by atoms with van der Waals surface area (Å²) in [6.07, 6.45) is 3.40. The summed E-state index contributed by atoms with van der Waals surface area (Å²) in [5.41, 5.74) is 2.06. The topological polar surface area (TPSA) is 46.2 Å². The molecule has 0 saturated carbocycles. The highest BCUT2D eigenvalue weighted by Crippen LogP contribution is 2.30. The molecule has 1 unspecified atom stereocenters. The second-order valence-corrected chi connectivity index (χ2v) is 5.47. The summed E-state index contributed by atoms with van der Waals surface area (Å²) in [7, 11) is 6.00. The Bertz CT molecular complexity index is 561. The van der Waals surface area contributed by atoms with E-state index in [1.807, 2.05) is 38.8 Å². The monoisotopic (exact) mass is 296 g/mol. The molecule has 0 aromatic carbocycles. The van der Waals surface area contributed by atoms with Crippen molar-refractivity contribution >= 4 is 11.6 Å². The van der Waals surface area contributed by atoms with Crippen molar-refractivity contribution in [2.75, 3.05) is 27.7 Å². The van der Waals surface area contributed by atoms with E-state index in [0.717, 1.165) is 30.1 Å². The average Bonchev–Trinajstić information content (AvgIpc) is 2.97. The fraction of sp³-hybridized carbons (Fsp3) is 0.500. The Labute approximate surface area is 124 Å². The van der Waals surface area contributed by atoms with Crippen molar-refractivity contribution in [3.05, 3.63) is 40.6 Å². The summed E-state index contributed by atoms with van der Waals surface area (Å²) in [4.78, 5) is 2.12. The lowest BCUT2D eigenvalue weighted by atomic mass is 10.0. The molecular formula is C14H21ClN4O. The Balaban J connectivity index is 2.34. The first kappa shape index (κ1) is 15.1. The Morgan fingerprint density at radius 2 is 2.25 bits per heavy atom. The third-order valence-electron chi connectivity index (χ3n) is 3.36. The van der Waals surface area contributed by atoms with Crippen molar-refractivity contribution in [1.82, 2.24) is 20.0 Å². The zero-order valence-corrected chi connectivity index (χ0v) is 13.1. The molecule has 0 fully saturated rings. The molecule has 1 N–H and O–H groups in total. The van der Waals surface area contributed by atoms with Gasteiger partial charge in [-0.3, -0.25) is 4.68 Å². The number of rotatable bonds is 6. The number of aryl methyl sites for hydroxylation is 1. The van der Waals surface area contributed by atoms with E-state index in [4.69, 9.17) is 16.0 Å². The molecule has 0 saturated heterocycles. The maximum Gasteiger partial charge on any atom is 0.105 e. The predicted octanol–water partition coefficient (Wildman–Crippen LogP) is 2.31. The largest absolute Gasteiger partial charge is 0.469 e. The molecule has 2 heterocycles. The van der Waals surface area contributed by atoms with Gasteiger partial charge >= 0.3 is 0 Å². The van der Waals surface area contributed by atoms with Crippen LogP contribution in [-0.4, -0.2) is 42.4 Å². The Kier molecular flexibility index (Phi) is 4.86. The second kappa shape index (κ2) is 6.43. The number of furan rings is 1. The third kappa shape index (κ3) is 3.06. The van der Waals surface area contributed by atoms with E-state index in [1.165, 1.54) is 0 Å². The van der Waals surface area contributed by atoms with Crippen LogP contribution in [0, 0.1) is 6.92 Å². The molecule has 0 bridgehead atoms. The molecule has 0 amide bonds. The first-order chi connectivity index (χ1) is 9.54. The van der Waals surface area contributed by atoms with E-state index in [0.29, 0.717) is 5.02 Å². The van der Waals surface area contributed by atoms with Gasteiger partial charge in [0.2, 0.25) is 0 Å². The van der Waals surface area contributed by atoms with Gasteiger partial charge in [-0.2, -0.15) is 5.10 Å². The number of halogens is 1. The van der Waals surface area contributed by atoms with Gasteiger partial charge in [-0.05, 0) is 34.1 Å². The maximum atomic E-state index is 6.34. The van der Waals surface area contributed by atoms with Crippen molar-refractivity contribution in [2.45, 2.75) is 19.5 Å². The summed E-state index contributed by atoms with van der Waals surface area (Å²) in [5.74, 6) is 0.890. The van der Waals surface area contributed by atoms with E-state index in [9.17, 15) is 0 Å². The summed E-state index contributed by atoms with van der Waals surface area (Å²) in [5, 5.41) is 8.35. The van der Waals surface area contributed by atoms with E-state index in [-0.39, 0.29) is 6.04 Å². The van der Waals surface area contributed by atoms with Crippen LogP contribution < -0.4 is 5.32 Å². The van der Waals surface area contributed by atoms with Gasteiger partial charge in [0.05, 0.1) is 35.8 Å². The average molecular weight is 297 g/mol. The number of hydrogen-bond donors (Lipinski definition) is 1. The Morgan fingerprint density at radius 3 is 2.80 bits per heavy atom. The molecule has 6 heteroatoms. The minimum absolute atomic E-state index is 0.0223. The molecule has 0 aliphatic rings.